The van der Waals surface area contributed by atoms with Crippen molar-refractivity contribution in [3.05, 3.63) is 16.6 Å². The highest BCUT2D eigenvalue weighted by Gasteiger charge is 2.10. The average Bonchev–Trinajstić information content (AvgIpc) is 2.15. The zero-order valence-electron chi connectivity index (χ0n) is 8.89. The van der Waals surface area contributed by atoms with Crippen LogP contribution in [-0.2, 0) is 0 Å². The topological polar surface area (TPSA) is 107 Å². The summed E-state index contributed by atoms with van der Waals surface area (Å²) >= 11 is 0. The van der Waals surface area contributed by atoms with Crippen molar-refractivity contribution in [3.63, 3.8) is 0 Å². The molecule has 2 aromatic rings. The molecule has 0 amide bonds. The summed E-state index contributed by atoms with van der Waals surface area (Å²) in [7, 11) is 0. The van der Waals surface area contributed by atoms with Crippen LogP contribution in [0.5, 0.6) is 5.88 Å². The summed E-state index contributed by atoms with van der Waals surface area (Å²) in [5.41, 5.74) is 5.82. The predicted octanol–water partition coefficient (Wildman–Crippen LogP) is 0.0825. The maximum atomic E-state index is 11.1. The number of nitrogens with one attached hydrogen (secondary N) is 1. The molecule has 0 saturated heterocycles. The molecule has 7 nitrogen and oxygen atoms in total. The third-order valence-electron chi connectivity index (χ3n) is 1.77. The fraction of sp³-hybridized carbons (Fsp3) is 0.333. The number of nitrogens with two attached hydrogens (primary N) is 1. The van der Waals surface area contributed by atoms with E-state index < -0.39 is 0 Å². The number of hydrogen-bond donors (Lipinski definition) is 2. The minimum Gasteiger partial charge on any atom is -0.473 e. The van der Waals surface area contributed by atoms with Crippen LogP contribution in [0.3, 0.4) is 0 Å². The fourth-order valence-electron chi connectivity index (χ4n) is 1.23. The molecule has 7 heteroatoms. The first kappa shape index (κ1) is 10.3. The Morgan fingerprint density at radius 2 is 2.19 bits per heavy atom. The molecular formula is C9H11N5O2. The van der Waals surface area contributed by atoms with Crippen LogP contribution in [0.1, 0.15) is 13.8 Å². The van der Waals surface area contributed by atoms with Crippen LogP contribution >= 0.6 is 0 Å². The van der Waals surface area contributed by atoms with Gasteiger partial charge in [0.2, 0.25) is 11.8 Å². The largest absolute Gasteiger partial charge is 0.473 e. The van der Waals surface area contributed by atoms with E-state index in [2.05, 4.69) is 19.9 Å². The van der Waals surface area contributed by atoms with E-state index in [-0.39, 0.29) is 29.1 Å². The smallest absolute Gasteiger partial charge is 0.268 e. The van der Waals surface area contributed by atoms with Crippen LogP contribution in [-0.4, -0.2) is 26.0 Å². The van der Waals surface area contributed by atoms with Crippen LogP contribution in [0.4, 0.5) is 5.95 Å². The lowest BCUT2D eigenvalue weighted by Crippen LogP contribution is -2.12. The van der Waals surface area contributed by atoms with Gasteiger partial charge >= 0.3 is 0 Å². The maximum absolute atomic E-state index is 11.1. The number of rotatable bonds is 2. The molecule has 0 atom stereocenters. The van der Waals surface area contributed by atoms with Crippen LogP contribution in [0.2, 0.25) is 0 Å². The molecule has 2 rings (SSSR count). The van der Waals surface area contributed by atoms with Gasteiger partial charge in [0.05, 0.1) is 12.3 Å². The molecule has 0 aliphatic carbocycles. The van der Waals surface area contributed by atoms with E-state index >= 15 is 0 Å². The van der Waals surface area contributed by atoms with Gasteiger partial charge in [0.15, 0.2) is 11.2 Å². The highest BCUT2D eigenvalue weighted by molar-refractivity contribution is 5.75. The second-order valence-electron chi connectivity index (χ2n) is 3.50. The summed E-state index contributed by atoms with van der Waals surface area (Å²) in [6.07, 6.45) is 1.08. The number of ether oxygens (including phenoxy) is 1. The Labute approximate surface area is 90.7 Å². The Hall–Kier alpha value is -2.18. The fourth-order valence-corrected chi connectivity index (χ4v) is 1.23. The van der Waals surface area contributed by atoms with Crippen molar-refractivity contribution < 1.29 is 4.74 Å². The standard InChI is InChI=1S/C9H11N5O2/c1-4(2)16-8-6-7(13-9(10)14-8)12-5(15)3-11-6/h3-4H,1-2H3,(H3,10,12,13,14,15). The monoisotopic (exact) mass is 221 g/mol. The van der Waals surface area contributed by atoms with Crippen LogP contribution in [0.25, 0.3) is 11.2 Å². The molecule has 84 valence electrons. The third kappa shape index (κ3) is 1.92. The van der Waals surface area contributed by atoms with Crippen molar-refractivity contribution >= 4 is 17.1 Å². The number of nitrogens with zero attached hydrogens (tertiary/aromatic N) is 3. The maximum Gasteiger partial charge on any atom is 0.268 e. The number of aromatic amines is 1. The molecule has 16 heavy (non-hydrogen) atoms. The summed E-state index contributed by atoms with van der Waals surface area (Å²) in [5.74, 6) is 0.306. The number of hydrogen-bond acceptors (Lipinski definition) is 6. The Kier molecular flexibility index (Phi) is 2.43. The molecule has 0 aliphatic rings. The number of fused-ring (bicyclic) bond motifs is 1. The normalized spacial score (nSPS) is 10.9. The highest BCUT2D eigenvalue weighted by atomic mass is 16.5. The number of aromatic nitrogens is 4. The van der Waals surface area contributed by atoms with Gasteiger partial charge < -0.3 is 15.5 Å². The number of nitrogen functional groups attached to an aromatic ring is 1. The van der Waals surface area contributed by atoms with Gasteiger partial charge in [-0.25, -0.2) is 4.98 Å². The van der Waals surface area contributed by atoms with E-state index in [0.29, 0.717) is 5.52 Å². The molecule has 2 heterocycles. The van der Waals surface area contributed by atoms with Gasteiger partial charge in [-0.2, -0.15) is 9.97 Å². The first-order valence-electron chi connectivity index (χ1n) is 4.75. The van der Waals surface area contributed by atoms with Crippen molar-refractivity contribution in [1.29, 1.82) is 0 Å². The van der Waals surface area contributed by atoms with Gasteiger partial charge in [-0.1, -0.05) is 0 Å². The number of anilines is 1. The Bertz CT molecular complexity index is 578. The molecule has 0 unspecified atom stereocenters. The third-order valence-corrected chi connectivity index (χ3v) is 1.77. The van der Waals surface area contributed by atoms with Crippen molar-refractivity contribution in [1.82, 2.24) is 19.9 Å². The molecule has 0 aromatic carbocycles. The van der Waals surface area contributed by atoms with Crippen LogP contribution in [0, 0.1) is 0 Å². The van der Waals surface area contributed by atoms with E-state index in [1.165, 1.54) is 0 Å². The lowest BCUT2D eigenvalue weighted by Gasteiger charge is -2.10. The van der Waals surface area contributed by atoms with E-state index in [1.54, 1.807) is 0 Å². The molecule has 2 aromatic heterocycles. The first-order valence-corrected chi connectivity index (χ1v) is 4.75. The Morgan fingerprint density at radius 3 is 2.88 bits per heavy atom. The molecule has 0 aliphatic heterocycles. The zero-order valence-corrected chi connectivity index (χ0v) is 8.89. The van der Waals surface area contributed by atoms with Crippen LogP contribution < -0.4 is 16.0 Å². The van der Waals surface area contributed by atoms with Gasteiger partial charge in [-0.05, 0) is 13.8 Å². The first-order chi connectivity index (χ1) is 7.56. The van der Waals surface area contributed by atoms with Crippen molar-refractivity contribution in [2.45, 2.75) is 20.0 Å². The summed E-state index contributed by atoms with van der Waals surface area (Å²) < 4.78 is 5.43. The molecule has 0 fully saturated rings. The van der Waals surface area contributed by atoms with E-state index in [4.69, 9.17) is 10.5 Å². The van der Waals surface area contributed by atoms with Crippen molar-refractivity contribution in [2.24, 2.45) is 0 Å². The van der Waals surface area contributed by atoms with Gasteiger partial charge in [0, 0.05) is 0 Å². The minimum absolute atomic E-state index is 0.0341. The van der Waals surface area contributed by atoms with Gasteiger partial charge in [-0.3, -0.25) is 4.79 Å². The van der Waals surface area contributed by atoms with Crippen LogP contribution in [0.15, 0.2) is 11.0 Å². The van der Waals surface area contributed by atoms with Crippen molar-refractivity contribution in [3.8, 4) is 5.88 Å². The van der Waals surface area contributed by atoms with E-state index in [0.717, 1.165) is 6.20 Å². The molecular weight excluding hydrogens is 210 g/mol. The lowest BCUT2D eigenvalue weighted by atomic mass is 10.4. The summed E-state index contributed by atoms with van der Waals surface area (Å²) in [4.78, 5) is 25.3. The molecule has 0 radical (unpaired) electrons. The van der Waals surface area contributed by atoms with E-state index in [9.17, 15) is 4.79 Å². The van der Waals surface area contributed by atoms with Gasteiger partial charge in [-0.15, -0.1) is 0 Å². The molecule has 0 spiro atoms. The second kappa shape index (κ2) is 3.76. The zero-order chi connectivity index (χ0) is 11.7. The minimum atomic E-state index is -0.346. The molecule has 0 bridgehead atoms. The molecule has 0 saturated carbocycles. The average molecular weight is 221 g/mol. The number of H-pyrrole nitrogens is 1. The lowest BCUT2D eigenvalue weighted by molar-refractivity contribution is 0.235. The predicted molar refractivity (Wildman–Crippen MR) is 58.1 cm³/mol. The van der Waals surface area contributed by atoms with E-state index in [1.807, 2.05) is 13.8 Å². The highest BCUT2D eigenvalue weighted by Crippen LogP contribution is 2.19. The summed E-state index contributed by atoms with van der Waals surface area (Å²) in [5, 5.41) is 0. The quantitative estimate of drug-likeness (QED) is 0.743. The van der Waals surface area contributed by atoms with Crippen molar-refractivity contribution in [2.75, 3.05) is 5.73 Å². The van der Waals surface area contributed by atoms with Gasteiger partial charge in [0.25, 0.3) is 5.56 Å². The Morgan fingerprint density at radius 1 is 1.44 bits per heavy atom. The summed E-state index contributed by atoms with van der Waals surface area (Å²) in [6.45, 7) is 3.71. The second-order valence-corrected chi connectivity index (χ2v) is 3.50. The summed E-state index contributed by atoms with van der Waals surface area (Å²) in [6, 6.07) is 0. The Balaban J connectivity index is 2.67. The SMILES string of the molecule is CC(C)Oc1nc(N)nc2[nH]c(=O)cnc12. The van der Waals surface area contributed by atoms with Gasteiger partial charge in [0.1, 0.15) is 0 Å². The molecule has 3 N–H and O–H groups in total.